The summed E-state index contributed by atoms with van der Waals surface area (Å²) in [6.45, 7) is 0. The lowest BCUT2D eigenvalue weighted by molar-refractivity contribution is -0.305. The number of hydrogen-bond acceptors (Lipinski definition) is 5. The van der Waals surface area contributed by atoms with Crippen LogP contribution in [0.15, 0.2) is 12.1 Å². The molecule has 0 N–H and O–H groups in total. The molecular formula is C12H14O4S-2. The number of rotatable bonds is 8. The highest BCUT2D eigenvalue weighted by atomic mass is 32.1. The van der Waals surface area contributed by atoms with Crippen molar-refractivity contribution in [3.63, 3.8) is 0 Å². The molecule has 0 bridgehead atoms. The fraction of sp³-hybridized carbons (Fsp3) is 0.500. The van der Waals surface area contributed by atoms with Gasteiger partial charge in [-0.15, -0.1) is 11.3 Å². The molecule has 0 aliphatic carbocycles. The first-order valence-electron chi connectivity index (χ1n) is 5.59. The molecule has 0 aliphatic heterocycles. The number of carbonyl (C=O) groups excluding carboxylic acids is 2. The molecule has 0 amide bonds. The van der Waals surface area contributed by atoms with Gasteiger partial charge >= 0.3 is 0 Å². The third-order valence-corrected chi connectivity index (χ3v) is 3.54. The number of unbranched alkanes of at least 4 members (excludes halogenated alkanes) is 3. The molecule has 0 fully saturated rings. The number of aliphatic carboxylic acids is 1. The smallest absolute Gasteiger partial charge is 0.0815 e. The van der Waals surface area contributed by atoms with Crippen molar-refractivity contribution in [2.75, 3.05) is 0 Å². The monoisotopic (exact) mass is 254 g/mol. The largest absolute Gasteiger partial charge is 0.550 e. The Labute approximate surface area is 104 Å². The molecule has 0 aliphatic rings. The van der Waals surface area contributed by atoms with Gasteiger partial charge in [0.05, 0.1) is 10.8 Å². The van der Waals surface area contributed by atoms with Crippen molar-refractivity contribution in [1.82, 2.24) is 0 Å². The summed E-state index contributed by atoms with van der Waals surface area (Å²) in [5.74, 6) is -2.13. The van der Waals surface area contributed by atoms with E-state index in [2.05, 4.69) is 0 Å². The fourth-order valence-electron chi connectivity index (χ4n) is 1.54. The number of aromatic carboxylic acids is 1. The average molecular weight is 254 g/mol. The van der Waals surface area contributed by atoms with Crippen LogP contribution in [0.4, 0.5) is 0 Å². The van der Waals surface area contributed by atoms with Gasteiger partial charge < -0.3 is 19.8 Å². The summed E-state index contributed by atoms with van der Waals surface area (Å²) < 4.78 is 0. The summed E-state index contributed by atoms with van der Waals surface area (Å²) >= 11 is 1.24. The summed E-state index contributed by atoms with van der Waals surface area (Å²) in [4.78, 5) is 22.0. The molecule has 0 saturated carbocycles. The second-order valence-electron chi connectivity index (χ2n) is 3.84. The number of carboxylic acid groups (broad SMARTS) is 2. The van der Waals surface area contributed by atoms with Gasteiger partial charge in [-0.3, -0.25) is 0 Å². The van der Waals surface area contributed by atoms with E-state index in [1.54, 1.807) is 12.1 Å². The summed E-state index contributed by atoms with van der Waals surface area (Å²) in [7, 11) is 0. The maximum atomic E-state index is 10.5. The molecule has 4 nitrogen and oxygen atoms in total. The van der Waals surface area contributed by atoms with Crippen LogP contribution in [0, 0.1) is 0 Å². The Morgan fingerprint density at radius 1 is 1.06 bits per heavy atom. The van der Waals surface area contributed by atoms with E-state index in [0.717, 1.165) is 30.6 Å². The van der Waals surface area contributed by atoms with E-state index >= 15 is 0 Å². The first kappa shape index (κ1) is 13.7. The Bertz CT molecular complexity index is 384. The lowest BCUT2D eigenvalue weighted by Gasteiger charge is -2.01. The number of aryl methyl sites for hydroxylation is 1. The third kappa shape index (κ3) is 5.49. The molecule has 0 spiro atoms. The van der Waals surface area contributed by atoms with E-state index in [4.69, 9.17) is 0 Å². The highest BCUT2D eigenvalue weighted by molar-refractivity contribution is 7.13. The topological polar surface area (TPSA) is 80.3 Å². The van der Waals surface area contributed by atoms with E-state index in [1.807, 2.05) is 0 Å². The normalized spacial score (nSPS) is 10.4. The van der Waals surface area contributed by atoms with Crippen LogP contribution in [-0.4, -0.2) is 11.9 Å². The predicted molar refractivity (Wildman–Crippen MR) is 60.4 cm³/mol. The minimum absolute atomic E-state index is 0.119. The van der Waals surface area contributed by atoms with Crippen LogP contribution in [0.25, 0.3) is 0 Å². The second kappa shape index (κ2) is 7.06. The molecule has 5 heteroatoms. The summed E-state index contributed by atoms with van der Waals surface area (Å²) in [5.41, 5.74) is 0. The lowest BCUT2D eigenvalue weighted by Crippen LogP contribution is -2.21. The molecular weight excluding hydrogens is 240 g/mol. The molecule has 17 heavy (non-hydrogen) atoms. The molecule has 0 saturated heterocycles. The van der Waals surface area contributed by atoms with Crippen molar-refractivity contribution in [3.05, 3.63) is 21.9 Å². The van der Waals surface area contributed by atoms with Crippen molar-refractivity contribution in [1.29, 1.82) is 0 Å². The van der Waals surface area contributed by atoms with Gasteiger partial charge in [-0.05, 0) is 37.8 Å². The van der Waals surface area contributed by atoms with Gasteiger partial charge in [0.25, 0.3) is 0 Å². The van der Waals surface area contributed by atoms with Crippen molar-refractivity contribution in [2.24, 2.45) is 0 Å². The summed E-state index contributed by atoms with van der Waals surface area (Å²) in [6, 6.07) is 3.36. The number of hydrogen-bond donors (Lipinski definition) is 0. The molecule has 1 heterocycles. The molecule has 0 radical (unpaired) electrons. The highest BCUT2D eigenvalue weighted by Crippen LogP contribution is 2.18. The van der Waals surface area contributed by atoms with Crippen LogP contribution in [0.5, 0.6) is 0 Å². The summed E-state index contributed by atoms with van der Waals surface area (Å²) in [6.07, 6.45) is 4.37. The van der Waals surface area contributed by atoms with Gasteiger partial charge in [0.15, 0.2) is 0 Å². The van der Waals surface area contributed by atoms with Crippen molar-refractivity contribution < 1.29 is 19.8 Å². The molecule has 1 aromatic heterocycles. The zero-order valence-corrected chi connectivity index (χ0v) is 10.3. The Hall–Kier alpha value is -1.36. The molecule has 0 unspecified atom stereocenters. The predicted octanol–water partition coefficient (Wildman–Crippen LogP) is 0.354. The van der Waals surface area contributed by atoms with Gasteiger partial charge in [-0.1, -0.05) is 12.8 Å². The first-order valence-corrected chi connectivity index (χ1v) is 6.41. The van der Waals surface area contributed by atoms with E-state index in [-0.39, 0.29) is 11.3 Å². The van der Waals surface area contributed by atoms with Gasteiger partial charge in [-0.25, -0.2) is 0 Å². The maximum absolute atomic E-state index is 10.5. The molecule has 1 rings (SSSR count). The van der Waals surface area contributed by atoms with Gasteiger partial charge in [0, 0.05) is 10.8 Å². The van der Waals surface area contributed by atoms with Crippen LogP contribution >= 0.6 is 11.3 Å². The Morgan fingerprint density at radius 3 is 2.35 bits per heavy atom. The molecule has 0 atom stereocenters. The average Bonchev–Trinajstić information content (AvgIpc) is 2.71. The SMILES string of the molecule is O=C([O-])CCCCCCc1ccc(C(=O)[O-])s1. The molecule has 0 aromatic carbocycles. The Balaban J connectivity index is 2.13. The van der Waals surface area contributed by atoms with E-state index < -0.39 is 11.9 Å². The number of carbonyl (C=O) groups is 2. The number of carboxylic acids is 2. The van der Waals surface area contributed by atoms with Crippen LogP contribution in [0.3, 0.4) is 0 Å². The fourth-order valence-corrected chi connectivity index (χ4v) is 2.43. The minimum Gasteiger partial charge on any atom is -0.550 e. The van der Waals surface area contributed by atoms with E-state index in [0.29, 0.717) is 6.42 Å². The van der Waals surface area contributed by atoms with Crippen LogP contribution in [-0.2, 0) is 11.2 Å². The highest BCUT2D eigenvalue weighted by Gasteiger charge is 2.00. The van der Waals surface area contributed by atoms with Crippen LogP contribution in [0.1, 0.15) is 46.7 Å². The molecule has 94 valence electrons. The zero-order chi connectivity index (χ0) is 12.7. The Morgan fingerprint density at radius 2 is 1.76 bits per heavy atom. The quantitative estimate of drug-likeness (QED) is 0.627. The van der Waals surface area contributed by atoms with Gasteiger partial charge in [-0.2, -0.15) is 0 Å². The molecule has 1 aromatic rings. The maximum Gasteiger partial charge on any atom is 0.0815 e. The van der Waals surface area contributed by atoms with Gasteiger partial charge in [0.2, 0.25) is 0 Å². The Kier molecular flexibility index (Phi) is 5.69. The second-order valence-corrected chi connectivity index (χ2v) is 5.01. The zero-order valence-electron chi connectivity index (χ0n) is 9.44. The van der Waals surface area contributed by atoms with Crippen LogP contribution < -0.4 is 10.2 Å². The standard InChI is InChI=1S/C12H16O4S/c13-11(14)6-4-2-1-3-5-9-7-8-10(17-9)12(15)16/h7-8H,1-6H2,(H,13,14)(H,15,16)/p-2. The van der Waals surface area contributed by atoms with E-state index in [1.165, 1.54) is 11.3 Å². The third-order valence-electron chi connectivity index (χ3n) is 2.42. The number of thiophene rings is 1. The first-order chi connectivity index (χ1) is 8.09. The van der Waals surface area contributed by atoms with Crippen molar-refractivity contribution in [3.8, 4) is 0 Å². The van der Waals surface area contributed by atoms with Gasteiger partial charge in [0.1, 0.15) is 0 Å². The summed E-state index contributed by atoms with van der Waals surface area (Å²) in [5, 5.41) is 20.7. The van der Waals surface area contributed by atoms with Crippen LogP contribution in [0.2, 0.25) is 0 Å². The van der Waals surface area contributed by atoms with E-state index in [9.17, 15) is 19.8 Å². The van der Waals surface area contributed by atoms with Crippen molar-refractivity contribution >= 4 is 23.3 Å². The van der Waals surface area contributed by atoms with Crippen molar-refractivity contribution in [2.45, 2.75) is 38.5 Å². The minimum atomic E-state index is -1.13. The lowest BCUT2D eigenvalue weighted by atomic mass is 10.1.